The minimum absolute atomic E-state index is 0.153. The summed E-state index contributed by atoms with van der Waals surface area (Å²) < 4.78 is 6.54. The van der Waals surface area contributed by atoms with Gasteiger partial charge >= 0.3 is 0 Å². The van der Waals surface area contributed by atoms with E-state index in [9.17, 15) is 9.90 Å². The standard InChI is InChI=1S/C19H15BrN2O3/c20-13-2-1-3-14(11-13)22-19(24)12-4-9-18(17(21)10-12)25-16-7-5-15(23)6-8-16/h1-11,23H,21H2,(H,22,24). The molecule has 0 fully saturated rings. The molecule has 0 radical (unpaired) electrons. The number of phenolic OH excluding ortho intramolecular Hbond substituents is 1. The van der Waals surface area contributed by atoms with Crippen LogP contribution in [-0.4, -0.2) is 11.0 Å². The third-order valence-electron chi connectivity index (χ3n) is 3.42. The number of phenols is 1. The predicted octanol–water partition coefficient (Wildman–Crippen LogP) is 4.78. The predicted molar refractivity (Wildman–Crippen MR) is 101 cm³/mol. The maximum atomic E-state index is 12.3. The number of rotatable bonds is 4. The molecule has 0 saturated heterocycles. The first-order chi connectivity index (χ1) is 12.0. The summed E-state index contributed by atoms with van der Waals surface area (Å²) in [5, 5.41) is 12.1. The lowest BCUT2D eigenvalue weighted by molar-refractivity contribution is 0.102. The maximum absolute atomic E-state index is 12.3. The van der Waals surface area contributed by atoms with E-state index in [0.717, 1.165) is 4.47 Å². The molecule has 0 aliphatic carbocycles. The van der Waals surface area contributed by atoms with Gasteiger partial charge in [0.15, 0.2) is 0 Å². The second-order valence-electron chi connectivity index (χ2n) is 5.31. The molecule has 0 spiro atoms. The second kappa shape index (κ2) is 7.27. The second-order valence-corrected chi connectivity index (χ2v) is 6.23. The van der Waals surface area contributed by atoms with E-state index in [4.69, 9.17) is 10.5 Å². The van der Waals surface area contributed by atoms with E-state index in [0.29, 0.717) is 28.4 Å². The Morgan fingerprint density at radius 2 is 1.80 bits per heavy atom. The third-order valence-corrected chi connectivity index (χ3v) is 3.91. The van der Waals surface area contributed by atoms with Gasteiger partial charge in [-0.05, 0) is 60.7 Å². The van der Waals surface area contributed by atoms with Crippen molar-refractivity contribution in [2.24, 2.45) is 0 Å². The number of halogens is 1. The number of nitrogens with one attached hydrogen (secondary N) is 1. The summed E-state index contributed by atoms with van der Waals surface area (Å²) in [5.41, 5.74) is 7.44. The number of anilines is 2. The highest BCUT2D eigenvalue weighted by Gasteiger charge is 2.10. The van der Waals surface area contributed by atoms with Crippen LogP contribution in [0.1, 0.15) is 10.4 Å². The minimum Gasteiger partial charge on any atom is -0.508 e. The zero-order valence-corrected chi connectivity index (χ0v) is 14.7. The lowest BCUT2D eigenvalue weighted by atomic mass is 10.1. The van der Waals surface area contributed by atoms with E-state index in [2.05, 4.69) is 21.2 Å². The van der Waals surface area contributed by atoms with E-state index in [-0.39, 0.29) is 11.7 Å². The van der Waals surface area contributed by atoms with Crippen molar-refractivity contribution >= 4 is 33.2 Å². The number of hydrogen-bond acceptors (Lipinski definition) is 4. The van der Waals surface area contributed by atoms with Crippen LogP contribution < -0.4 is 15.8 Å². The number of amides is 1. The van der Waals surface area contributed by atoms with Crippen LogP contribution in [0.4, 0.5) is 11.4 Å². The molecule has 0 aromatic heterocycles. The number of aromatic hydroxyl groups is 1. The first-order valence-corrected chi connectivity index (χ1v) is 8.24. The molecule has 0 bridgehead atoms. The Hall–Kier alpha value is -2.99. The van der Waals surface area contributed by atoms with Crippen molar-refractivity contribution in [2.45, 2.75) is 0 Å². The summed E-state index contributed by atoms with van der Waals surface area (Å²) in [7, 11) is 0. The molecule has 3 rings (SSSR count). The van der Waals surface area contributed by atoms with Crippen molar-refractivity contribution < 1.29 is 14.6 Å². The summed E-state index contributed by atoms with van der Waals surface area (Å²) >= 11 is 3.36. The first kappa shape index (κ1) is 16.9. The van der Waals surface area contributed by atoms with Gasteiger partial charge in [0.05, 0.1) is 5.69 Å². The molecule has 0 saturated carbocycles. The van der Waals surface area contributed by atoms with Crippen LogP contribution in [0.25, 0.3) is 0 Å². The lowest BCUT2D eigenvalue weighted by Gasteiger charge is -2.11. The van der Waals surface area contributed by atoms with Crippen molar-refractivity contribution in [3.8, 4) is 17.2 Å². The summed E-state index contributed by atoms with van der Waals surface area (Å²) in [6, 6.07) is 18.5. The number of nitrogen functional groups attached to an aromatic ring is 1. The van der Waals surface area contributed by atoms with Crippen LogP contribution in [0.15, 0.2) is 71.2 Å². The van der Waals surface area contributed by atoms with E-state index in [1.165, 1.54) is 12.1 Å². The zero-order chi connectivity index (χ0) is 17.8. The highest BCUT2D eigenvalue weighted by Crippen LogP contribution is 2.29. The van der Waals surface area contributed by atoms with Gasteiger partial charge in [0.25, 0.3) is 5.91 Å². The highest BCUT2D eigenvalue weighted by molar-refractivity contribution is 9.10. The van der Waals surface area contributed by atoms with Crippen molar-refractivity contribution in [2.75, 3.05) is 11.1 Å². The van der Waals surface area contributed by atoms with E-state index >= 15 is 0 Å². The lowest BCUT2D eigenvalue weighted by Crippen LogP contribution is -2.12. The van der Waals surface area contributed by atoms with Crippen molar-refractivity contribution in [3.63, 3.8) is 0 Å². The highest BCUT2D eigenvalue weighted by atomic mass is 79.9. The van der Waals surface area contributed by atoms with Crippen molar-refractivity contribution in [1.82, 2.24) is 0 Å². The third kappa shape index (κ3) is 4.30. The molecule has 0 heterocycles. The van der Waals surface area contributed by atoms with Crippen LogP contribution in [0, 0.1) is 0 Å². The van der Waals surface area contributed by atoms with Gasteiger partial charge in [0.2, 0.25) is 0 Å². The SMILES string of the molecule is Nc1cc(C(=O)Nc2cccc(Br)c2)ccc1Oc1ccc(O)cc1. The minimum atomic E-state index is -0.263. The summed E-state index contributed by atoms with van der Waals surface area (Å²) in [5.74, 6) is 0.862. The number of nitrogens with two attached hydrogens (primary N) is 1. The molecule has 126 valence electrons. The summed E-state index contributed by atoms with van der Waals surface area (Å²) in [6.07, 6.45) is 0. The van der Waals surface area contributed by atoms with Gasteiger partial charge in [-0.15, -0.1) is 0 Å². The largest absolute Gasteiger partial charge is 0.508 e. The molecule has 0 unspecified atom stereocenters. The Morgan fingerprint density at radius 1 is 1.04 bits per heavy atom. The fraction of sp³-hybridized carbons (Fsp3) is 0. The Morgan fingerprint density at radius 3 is 2.48 bits per heavy atom. The number of carbonyl (C=O) groups is 1. The van der Waals surface area contributed by atoms with Gasteiger partial charge in [-0.25, -0.2) is 0 Å². The summed E-state index contributed by atoms with van der Waals surface area (Å²) in [6.45, 7) is 0. The molecule has 3 aromatic rings. The van der Waals surface area contributed by atoms with Gasteiger partial charge in [0.1, 0.15) is 17.2 Å². The molecule has 0 aliphatic rings. The van der Waals surface area contributed by atoms with E-state index < -0.39 is 0 Å². The Labute approximate surface area is 153 Å². The smallest absolute Gasteiger partial charge is 0.255 e. The monoisotopic (exact) mass is 398 g/mol. The molecular formula is C19H15BrN2O3. The number of benzene rings is 3. The topological polar surface area (TPSA) is 84.6 Å². The average Bonchev–Trinajstić information content (AvgIpc) is 2.58. The molecule has 1 amide bonds. The molecule has 5 nitrogen and oxygen atoms in total. The Balaban J connectivity index is 1.74. The van der Waals surface area contributed by atoms with Crippen LogP contribution in [0.3, 0.4) is 0 Å². The first-order valence-electron chi connectivity index (χ1n) is 7.44. The molecule has 6 heteroatoms. The molecule has 3 aromatic carbocycles. The average molecular weight is 399 g/mol. The van der Waals surface area contributed by atoms with Gasteiger partial charge < -0.3 is 20.9 Å². The van der Waals surface area contributed by atoms with Gasteiger partial charge in [0, 0.05) is 15.7 Å². The van der Waals surface area contributed by atoms with Gasteiger partial charge in [-0.3, -0.25) is 4.79 Å². The van der Waals surface area contributed by atoms with E-state index in [1.807, 2.05) is 18.2 Å². The van der Waals surface area contributed by atoms with Crippen LogP contribution in [0.2, 0.25) is 0 Å². The fourth-order valence-corrected chi connectivity index (χ4v) is 2.59. The van der Waals surface area contributed by atoms with Crippen LogP contribution in [-0.2, 0) is 0 Å². The fourth-order valence-electron chi connectivity index (χ4n) is 2.19. The number of ether oxygens (including phenoxy) is 1. The van der Waals surface area contributed by atoms with Crippen LogP contribution >= 0.6 is 15.9 Å². The Bertz CT molecular complexity index is 911. The maximum Gasteiger partial charge on any atom is 0.255 e. The summed E-state index contributed by atoms with van der Waals surface area (Å²) in [4.78, 5) is 12.3. The molecule has 25 heavy (non-hydrogen) atoms. The molecule has 0 aliphatic heterocycles. The Kier molecular flexibility index (Phi) is 4.90. The zero-order valence-electron chi connectivity index (χ0n) is 13.1. The quantitative estimate of drug-likeness (QED) is 0.552. The normalized spacial score (nSPS) is 10.3. The van der Waals surface area contributed by atoms with Crippen molar-refractivity contribution in [1.29, 1.82) is 0 Å². The number of hydrogen-bond donors (Lipinski definition) is 3. The number of carbonyl (C=O) groups excluding carboxylic acids is 1. The van der Waals surface area contributed by atoms with Gasteiger partial charge in [-0.2, -0.15) is 0 Å². The molecule has 4 N–H and O–H groups in total. The van der Waals surface area contributed by atoms with E-state index in [1.54, 1.807) is 36.4 Å². The van der Waals surface area contributed by atoms with Crippen LogP contribution in [0.5, 0.6) is 17.2 Å². The molecule has 0 atom stereocenters. The van der Waals surface area contributed by atoms with Gasteiger partial charge in [-0.1, -0.05) is 22.0 Å². The van der Waals surface area contributed by atoms with Crippen molar-refractivity contribution in [3.05, 3.63) is 76.8 Å². The molecular weight excluding hydrogens is 384 g/mol.